The Bertz CT molecular complexity index is 358. The Morgan fingerprint density at radius 1 is 1.11 bits per heavy atom. The zero-order valence-corrected chi connectivity index (χ0v) is 11.3. The number of likely N-dealkylation sites (N-methyl/N-ethyl adjacent to an activating group) is 1. The number of halogens is 2. The van der Waals surface area contributed by atoms with Gasteiger partial charge in [0.15, 0.2) is 0 Å². The Morgan fingerprint density at radius 2 is 1.61 bits per heavy atom. The summed E-state index contributed by atoms with van der Waals surface area (Å²) < 4.78 is 26.5. The fourth-order valence-electron chi connectivity index (χ4n) is 2.42. The van der Waals surface area contributed by atoms with Gasteiger partial charge in [-0.2, -0.15) is 0 Å². The third-order valence-electron chi connectivity index (χ3n) is 3.50. The SMILES string of the molecule is CCC(CC)N(C)C(CN)c1cc(F)cc(F)c1. The van der Waals surface area contributed by atoms with Crippen molar-refractivity contribution >= 4 is 0 Å². The average molecular weight is 256 g/mol. The van der Waals surface area contributed by atoms with E-state index in [0.717, 1.165) is 18.9 Å². The lowest BCUT2D eigenvalue weighted by Gasteiger charge is -2.34. The summed E-state index contributed by atoms with van der Waals surface area (Å²) in [4.78, 5) is 2.11. The third kappa shape index (κ3) is 3.50. The molecule has 4 heteroatoms. The summed E-state index contributed by atoms with van der Waals surface area (Å²) in [5, 5.41) is 0. The van der Waals surface area contributed by atoms with E-state index in [4.69, 9.17) is 5.73 Å². The van der Waals surface area contributed by atoms with Crippen molar-refractivity contribution in [1.82, 2.24) is 4.90 Å². The smallest absolute Gasteiger partial charge is 0.126 e. The first kappa shape index (κ1) is 15.1. The molecule has 0 saturated carbocycles. The van der Waals surface area contributed by atoms with Crippen LogP contribution in [0.2, 0.25) is 0 Å². The molecule has 1 atom stereocenters. The van der Waals surface area contributed by atoms with Crippen LogP contribution in [0.3, 0.4) is 0 Å². The molecule has 0 heterocycles. The number of nitrogens with two attached hydrogens (primary N) is 1. The van der Waals surface area contributed by atoms with Crippen LogP contribution in [0.15, 0.2) is 18.2 Å². The van der Waals surface area contributed by atoms with E-state index in [2.05, 4.69) is 18.7 Å². The summed E-state index contributed by atoms with van der Waals surface area (Å²) in [5.74, 6) is -1.11. The van der Waals surface area contributed by atoms with Gasteiger partial charge in [-0.3, -0.25) is 4.90 Å². The molecule has 1 aromatic carbocycles. The van der Waals surface area contributed by atoms with E-state index in [9.17, 15) is 8.78 Å². The van der Waals surface area contributed by atoms with Crippen LogP contribution in [0, 0.1) is 11.6 Å². The van der Waals surface area contributed by atoms with Gasteiger partial charge in [0, 0.05) is 24.7 Å². The Labute approximate surface area is 108 Å². The van der Waals surface area contributed by atoms with Gasteiger partial charge in [-0.1, -0.05) is 13.8 Å². The molecule has 0 radical (unpaired) electrons. The second-order valence-electron chi connectivity index (χ2n) is 4.59. The molecule has 2 N–H and O–H groups in total. The van der Waals surface area contributed by atoms with Crippen LogP contribution in [0.25, 0.3) is 0 Å². The topological polar surface area (TPSA) is 29.3 Å². The van der Waals surface area contributed by atoms with Gasteiger partial charge < -0.3 is 5.73 Å². The van der Waals surface area contributed by atoms with Crippen LogP contribution in [-0.2, 0) is 0 Å². The number of benzene rings is 1. The third-order valence-corrected chi connectivity index (χ3v) is 3.50. The Hall–Kier alpha value is -1.00. The zero-order chi connectivity index (χ0) is 13.7. The average Bonchev–Trinajstić information content (AvgIpc) is 2.30. The molecule has 0 aliphatic rings. The first-order chi connectivity index (χ1) is 8.53. The molecule has 0 bridgehead atoms. The number of rotatable bonds is 6. The maximum atomic E-state index is 13.3. The van der Waals surface area contributed by atoms with E-state index in [1.807, 2.05) is 7.05 Å². The lowest BCUT2D eigenvalue weighted by Crippen LogP contribution is -2.38. The van der Waals surface area contributed by atoms with Gasteiger partial charge in [-0.15, -0.1) is 0 Å². The van der Waals surface area contributed by atoms with Crippen LogP contribution in [0.4, 0.5) is 8.78 Å². The summed E-state index contributed by atoms with van der Waals surface area (Å²) in [6, 6.07) is 3.82. The van der Waals surface area contributed by atoms with E-state index in [1.165, 1.54) is 12.1 Å². The molecular weight excluding hydrogens is 234 g/mol. The predicted molar refractivity (Wildman–Crippen MR) is 70.3 cm³/mol. The quantitative estimate of drug-likeness (QED) is 0.847. The molecule has 0 aliphatic carbocycles. The summed E-state index contributed by atoms with van der Waals surface area (Å²) in [7, 11) is 1.96. The maximum Gasteiger partial charge on any atom is 0.126 e. The highest BCUT2D eigenvalue weighted by Gasteiger charge is 2.22. The van der Waals surface area contributed by atoms with E-state index in [-0.39, 0.29) is 6.04 Å². The molecule has 18 heavy (non-hydrogen) atoms. The van der Waals surface area contributed by atoms with Gasteiger partial charge in [-0.05, 0) is 37.6 Å². The van der Waals surface area contributed by atoms with Crippen LogP contribution in [0.5, 0.6) is 0 Å². The van der Waals surface area contributed by atoms with Gasteiger partial charge in [0.1, 0.15) is 11.6 Å². The monoisotopic (exact) mass is 256 g/mol. The highest BCUT2D eigenvalue weighted by atomic mass is 19.1. The van der Waals surface area contributed by atoms with Crippen molar-refractivity contribution in [2.75, 3.05) is 13.6 Å². The Morgan fingerprint density at radius 3 is 2.00 bits per heavy atom. The fourth-order valence-corrected chi connectivity index (χ4v) is 2.42. The minimum atomic E-state index is -0.554. The Balaban J connectivity index is 3.01. The zero-order valence-electron chi connectivity index (χ0n) is 11.3. The second-order valence-corrected chi connectivity index (χ2v) is 4.59. The van der Waals surface area contributed by atoms with Gasteiger partial charge in [0.25, 0.3) is 0 Å². The van der Waals surface area contributed by atoms with Gasteiger partial charge >= 0.3 is 0 Å². The molecule has 0 fully saturated rings. The van der Waals surface area contributed by atoms with Crippen LogP contribution >= 0.6 is 0 Å². The molecule has 0 spiro atoms. The molecule has 0 aromatic heterocycles. The molecule has 1 aromatic rings. The van der Waals surface area contributed by atoms with E-state index >= 15 is 0 Å². The van der Waals surface area contributed by atoms with Crippen molar-refractivity contribution < 1.29 is 8.78 Å². The minimum Gasteiger partial charge on any atom is -0.329 e. The molecule has 0 amide bonds. The first-order valence-electron chi connectivity index (χ1n) is 6.41. The van der Waals surface area contributed by atoms with Gasteiger partial charge in [-0.25, -0.2) is 8.78 Å². The number of hydrogen-bond donors (Lipinski definition) is 1. The first-order valence-corrected chi connectivity index (χ1v) is 6.41. The van der Waals surface area contributed by atoms with Crippen LogP contribution in [0.1, 0.15) is 38.3 Å². The number of nitrogens with zero attached hydrogens (tertiary/aromatic N) is 1. The normalized spacial score (nSPS) is 13.3. The molecule has 1 unspecified atom stereocenters. The number of hydrogen-bond acceptors (Lipinski definition) is 2. The van der Waals surface area contributed by atoms with Crippen molar-refractivity contribution in [1.29, 1.82) is 0 Å². The molecule has 2 nitrogen and oxygen atoms in total. The lowest BCUT2D eigenvalue weighted by atomic mass is 10.0. The molecule has 102 valence electrons. The summed E-state index contributed by atoms with van der Waals surface area (Å²) in [6.07, 6.45) is 1.97. The molecule has 1 rings (SSSR count). The molecular formula is C14H22F2N2. The van der Waals surface area contributed by atoms with Crippen molar-refractivity contribution in [3.8, 4) is 0 Å². The van der Waals surface area contributed by atoms with Crippen molar-refractivity contribution in [2.45, 2.75) is 38.8 Å². The van der Waals surface area contributed by atoms with Crippen LogP contribution < -0.4 is 5.73 Å². The highest BCUT2D eigenvalue weighted by Crippen LogP contribution is 2.24. The van der Waals surface area contributed by atoms with Gasteiger partial charge in [0.2, 0.25) is 0 Å². The van der Waals surface area contributed by atoms with Crippen molar-refractivity contribution in [3.63, 3.8) is 0 Å². The summed E-state index contributed by atoms with van der Waals surface area (Å²) >= 11 is 0. The highest BCUT2D eigenvalue weighted by molar-refractivity contribution is 5.22. The standard InChI is InChI=1S/C14H22F2N2/c1-4-13(5-2)18(3)14(9-17)10-6-11(15)8-12(16)7-10/h6-8,13-14H,4-5,9,17H2,1-3H3. The minimum absolute atomic E-state index is 0.153. The molecule has 0 saturated heterocycles. The lowest BCUT2D eigenvalue weighted by molar-refractivity contribution is 0.167. The maximum absolute atomic E-state index is 13.3. The van der Waals surface area contributed by atoms with Crippen LogP contribution in [-0.4, -0.2) is 24.5 Å². The summed E-state index contributed by atoms with van der Waals surface area (Å²) in [6.45, 7) is 4.55. The van der Waals surface area contributed by atoms with Crippen molar-refractivity contribution in [3.05, 3.63) is 35.4 Å². The summed E-state index contributed by atoms with van der Waals surface area (Å²) in [5.41, 5.74) is 6.37. The second kappa shape index (κ2) is 6.81. The fraction of sp³-hybridized carbons (Fsp3) is 0.571. The Kier molecular flexibility index (Phi) is 5.69. The largest absolute Gasteiger partial charge is 0.329 e. The van der Waals surface area contributed by atoms with Gasteiger partial charge in [0.05, 0.1) is 0 Å². The molecule has 0 aliphatic heterocycles. The van der Waals surface area contributed by atoms with E-state index in [1.54, 1.807) is 0 Å². The predicted octanol–water partition coefficient (Wildman–Crippen LogP) is 3.09. The van der Waals surface area contributed by atoms with Crippen molar-refractivity contribution in [2.24, 2.45) is 5.73 Å². The van der Waals surface area contributed by atoms with E-state index in [0.29, 0.717) is 18.2 Å². The van der Waals surface area contributed by atoms with E-state index < -0.39 is 11.6 Å².